The lowest BCUT2D eigenvalue weighted by Gasteiger charge is -2.22. The normalized spacial score (nSPS) is 13.0. The third-order valence-electron chi connectivity index (χ3n) is 7.38. The first-order chi connectivity index (χ1) is 20.0. The highest BCUT2D eigenvalue weighted by atomic mass is 32.2. The van der Waals surface area contributed by atoms with Crippen molar-refractivity contribution in [2.24, 2.45) is 10.8 Å². The summed E-state index contributed by atoms with van der Waals surface area (Å²) < 4.78 is 58.0. The fourth-order valence-electron chi connectivity index (χ4n) is 4.95. The standard InChI is InChI=1S/C30H45N5O5S2/c1-5-9-17-34(18-10-6-2)41(37,38)23-13-15-25-26-16-14-24(42(39,40)35(19-11-7-3)20-12-8-4)22-28(26)29(27(25)21-23)32-33-30(31)36/h13-16,21-22H,5-12,17-20H2,1-4H3,(H3,31,33,36). The number of nitrogens with one attached hydrogen (secondary N) is 1. The van der Waals surface area contributed by atoms with Crippen molar-refractivity contribution in [1.29, 1.82) is 0 Å². The first-order valence-electron chi connectivity index (χ1n) is 14.9. The number of nitrogens with two attached hydrogens (primary N) is 1. The maximum Gasteiger partial charge on any atom is 0.332 e. The van der Waals surface area contributed by atoms with Gasteiger partial charge in [0, 0.05) is 37.3 Å². The SMILES string of the molecule is CCCCN(CCCC)S(=O)(=O)c1ccc2c(c1)C(=NNC(N)=O)c1cc(S(=O)(=O)N(CCCC)CCCC)ccc1-2. The Hall–Kier alpha value is -2.80. The van der Waals surface area contributed by atoms with E-state index in [4.69, 9.17) is 5.73 Å². The van der Waals surface area contributed by atoms with Crippen molar-refractivity contribution in [1.82, 2.24) is 14.0 Å². The predicted molar refractivity (Wildman–Crippen MR) is 167 cm³/mol. The molecule has 1 aliphatic carbocycles. The number of urea groups is 1. The van der Waals surface area contributed by atoms with E-state index in [2.05, 4.69) is 10.5 Å². The van der Waals surface area contributed by atoms with Crippen LogP contribution in [0.5, 0.6) is 0 Å². The molecule has 0 aliphatic heterocycles. The second-order valence-corrected chi connectivity index (χ2v) is 14.4. The fraction of sp³-hybridized carbons (Fsp3) is 0.533. The second kappa shape index (κ2) is 15.1. The van der Waals surface area contributed by atoms with Crippen molar-refractivity contribution in [3.05, 3.63) is 47.5 Å². The average molecular weight is 620 g/mol. The number of hydrogen-bond donors (Lipinski definition) is 2. The van der Waals surface area contributed by atoms with Crippen molar-refractivity contribution in [3.8, 4) is 11.1 Å². The monoisotopic (exact) mass is 619 g/mol. The molecule has 0 spiro atoms. The third kappa shape index (κ3) is 7.58. The molecule has 0 saturated carbocycles. The Balaban J connectivity index is 2.11. The van der Waals surface area contributed by atoms with Crippen LogP contribution in [0, 0.1) is 0 Å². The summed E-state index contributed by atoms with van der Waals surface area (Å²) >= 11 is 0. The molecule has 42 heavy (non-hydrogen) atoms. The summed E-state index contributed by atoms with van der Waals surface area (Å²) in [5.74, 6) is 0. The Morgan fingerprint density at radius 1 is 0.667 bits per heavy atom. The average Bonchev–Trinajstić information content (AvgIpc) is 3.28. The van der Waals surface area contributed by atoms with Gasteiger partial charge in [0.2, 0.25) is 20.0 Å². The lowest BCUT2D eigenvalue weighted by Crippen LogP contribution is -2.33. The summed E-state index contributed by atoms with van der Waals surface area (Å²) in [6.07, 6.45) is 6.47. The van der Waals surface area contributed by atoms with Crippen LogP contribution in [0.15, 0.2) is 51.3 Å². The molecule has 0 heterocycles. The number of unbranched alkanes of at least 4 members (excludes halogenated alkanes) is 4. The van der Waals surface area contributed by atoms with Crippen LogP contribution in [-0.4, -0.2) is 63.4 Å². The molecular weight excluding hydrogens is 574 g/mol. The summed E-state index contributed by atoms with van der Waals surface area (Å²) in [6.45, 7) is 9.78. The molecule has 3 N–H and O–H groups in total. The Morgan fingerprint density at radius 2 is 1.02 bits per heavy atom. The topological polar surface area (TPSA) is 142 Å². The zero-order chi connectivity index (χ0) is 30.9. The molecular formula is C30H45N5O5S2. The summed E-state index contributed by atoms with van der Waals surface area (Å²) in [7, 11) is -7.61. The lowest BCUT2D eigenvalue weighted by atomic mass is 10.1. The van der Waals surface area contributed by atoms with E-state index in [0.29, 0.717) is 48.4 Å². The largest absolute Gasteiger partial charge is 0.350 e. The number of carbonyl (C=O) groups excluding carboxylic acids is 1. The number of primary amides is 1. The maximum atomic E-state index is 13.7. The second-order valence-electron chi connectivity index (χ2n) is 10.6. The van der Waals surface area contributed by atoms with E-state index in [1.165, 1.54) is 8.61 Å². The molecule has 0 unspecified atom stereocenters. The Bertz CT molecular complexity index is 1370. The Kier molecular flexibility index (Phi) is 12.1. The van der Waals surface area contributed by atoms with Crippen molar-refractivity contribution in [3.63, 3.8) is 0 Å². The first kappa shape index (κ1) is 33.7. The minimum Gasteiger partial charge on any atom is -0.350 e. The third-order valence-corrected chi connectivity index (χ3v) is 11.2. The van der Waals surface area contributed by atoms with Gasteiger partial charge >= 0.3 is 6.03 Å². The van der Waals surface area contributed by atoms with Crippen molar-refractivity contribution in [2.75, 3.05) is 26.2 Å². The number of hydrogen-bond acceptors (Lipinski definition) is 6. The molecule has 1 aliphatic rings. The molecule has 0 saturated heterocycles. The van der Waals surface area contributed by atoms with Gasteiger partial charge in [0.15, 0.2) is 0 Å². The van der Waals surface area contributed by atoms with Gasteiger partial charge in [-0.1, -0.05) is 65.5 Å². The van der Waals surface area contributed by atoms with Crippen molar-refractivity contribution >= 4 is 31.8 Å². The molecule has 0 bridgehead atoms. The number of sulfonamides is 2. The minimum absolute atomic E-state index is 0.117. The van der Waals surface area contributed by atoms with Crippen LogP contribution < -0.4 is 11.2 Å². The van der Waals surface area contributed by atoms with E-state index in [1.54, 1.807) is 36.4 Å². The molecule has 2 aromatic rings. The number of amides is 2. The van der Waals surface area contributed by atoms with Gasteiger partial charge in [0.25, 0.3) is 0 Å². The summed E-state index contributed by atoms with van der Waals surface area (Å²) in [4.78, 5) is 11.8. The molecule has 3 rings (SSSR count). The van der Waals surface area contributed by atoms with Gasteiger partial charge < -0.3 is 5.73 Å². The molecule has 232 valence electrons. The van der Waals surface area contributed by atoms with Crippen molar-refractivity contribution < 1.29 is 21.6 Å². The minimum atomic E-state index is -3.81. The van der Waals surface area contributed by atoms with E-state index < -0.39 is 26.1 Å². The molecule has 2 aromatic carbocycles. The highest BCUT2D eigenvalue weighted by Crippen LogP contribution is 2.40. The quantitative estimate of drug-likeness (QED) is 0.198. The van der Waals surface area contributed by atoms with Gasteiger partial charge in [-0.3, -0.25) is 0 Å². The highest BCUT2D eigenvalue weighted by Gasteiger charge is 2.32. The summed E-state index contributed by atoms with van der Waals surface area (Å²) in [6, 6.07) is 8.81. The van der Waals surface area contributed by atoms with E-state index in [1.807, 2.05) is 27.7 Å². The number of rotatable bonds is 17. The van der Waals surface area contributed by atoms with Crippen LogP contribution >= 0.6 is 0 Å². The Labute approximate surface area is 251 Å². The number of carbonyl (C=O) groups is 1. The molecule has 12 heteroatoms. The van der Waals surface area contributed by atoms with Crippen LogP contribution in [0.25, 0.3) is 11.1 Å². The number of nitrogens with zero attached hydrogens (tertiary/aromatic N) is 3. The molecule has 0 atom stereocenters. The molecule has 0 aromatic heterocycles. The molecule has 2 amide bonds. The summed E-state index contributed by atoms with van der Waals surface area (Å²) in [5, 5.41) is 4.22. The van der Waals surface area contributed by atoms with Gasteiger partial charge in [-0.2, -0.15) is 13.7 Å². The van der Waals surface area contributed by atoms with Crippen molar-refractivity contribution in [2.45, 2.75) is 88.9 Å². The zero-order valence-corrected chi connectivity index (χ0v) is 26.9. The molecule has 10 nitrogen and oxygen atoms in total. The van der Waals surface area contributed by atoms with Crippen LogP contribution in [-0.2, 0) is 20.0 Å². The van der Waals surface area contributed by atoms with Gasteiger partial charge in [0.05, 0.1) is 15.5 Å². The van der Waals surface area contributed by atoms with E-state index >= 15 is 0 Å². The van der Waals surface area contributed by atoms with Crippen LogP contribution in [0.1, 0.15) is 90.2 Å². The van der Waals surface area contributed by atoms with Gasteiger partial charge in [0.1, 0.15) is 0 Å². The van der Waals surface area contributed by atoms with Crippen LogP contribution in [0.2, 0.25) is 0 Å². The van der Waals surface area contributed by atoms with E-state index in [9.17, 15) is 21.6 Å². The number of benzene rings is 2. The number of hydrazone groups is 1. The van der Waals surface area contributed by atoms with Gasteiger partial charge in [-0.15, -0.1) is 0 Å². The van der Waals surface area contributed by atoms with Crippen LogP contribution in [0.3, 0.4) is 0 Å². The summed E-state index contributed by atoms with van der Waals surface area (Å²) in [5.41, 5.74) is 10.2. The maximum absolute atomic E-state index is 13.7. The smallest absolute Gasteiger partial charge is 0.332 e. The van der Waals surface area contributed by atoms with Crippen LogP contribution in [0.4, 0.5) is 4.79 Å². The van der Waals surface area contributed by atoms with E-state index in [-0.39, 0.29) is 15.5 Å². The number of fused-ring (bicyclic) bond motifs is 3. The van der Waals surface area contributed by atoms with E-state index in [0.717, 1.165) is 51.4 Å². The van der Waals surface area contributed by atoms with Gasteiger partial charge in [-0.25, -0.2) is 27.1 Å². The fourth-order valence-corrected chi connectivity index (χ4v) is 8.03. The Morgan fingerprint density at radius 3 is 1.33 bits per heavy atom. The predicted octanol–water partition coefficient (Wildman–Crippen LogP) is 5.27. The highest BCUT2D eigenvalue weighted by molar-refractivity contribution is 7.89. The molecule has 0 fully saturated rings. The lowest BCUT2D eigenvalue weighted by molar-refractivity contribution is 0.249. The molecule has 0 radical (unpaired) electrons. The zero-order valence-electron chi connectivity index (χ0n) is 25.2. The van der Waals surface area contributed by atoms with Gasteiger partial charge in [-0.05, 0) is 61.1 Å². The first-order valence-corrected chi connectivity index (χ1v) is 17.8.